The summed E-state index contributed by atoms with van der Waals surface area (Å²) in [5.41, 5.74) is -1.35. The van der Waals surface area contributed by atoms with Crippen LogP contribution in [-0.2, 0) is 19.1 Å². The van der Waals surface area contributed by atoms with Crippen LogP contribution in [0.3, 0.4) is 0 Å². The molecule has 4 heteroatoms. The lowest BCUT2D eigenvalue weighted by Crippen LogP contribution is -2.38. The molecular formula is C21H38O4. The van der Waals surface area contributed by atoms with E-state index in [1.807, 2.05) is 0 Å². The molecule has 0 atom stereocenters. The lowest BCUT2D eigenvalue weighted by Gasteiger charge is -2.22. The first-order chi connectivity index (χ1) is 12.0. The van der Waals surface area contributed by atoms with Crippen LogP contribution in [0.15, 0.2) is 12.2 Å². The molecule has 4 nitrogen and oxygen atoms in total. The van der Waals surface area contributed by atoms with Gasteiger partial charge in [0.15, 0.2) is 5.41 Å². The summed E-state index contributed by atoms with van der Waals surface area (Å²) in [5.74, 6) is -1.03. The van der Waals surface area contributed by atoms with Crippen LogP contribution in [0.2, 0.25) is 0 Å². The van der Waals surface area contributed by atoms with Crippen molar-refractivity contribution in [3.63, 3.8) is 0 Å². The number of allylic oxidation sites excluding steroid dienone is 1. The molecule has 0 fully saturated rings. The van der Waals surface area contributed by atoms with Crippen LogP contribution < -0.4 is 0 Å². The molecule has 0 aliphatic carbocycles. The second-order valence-electron chi connectivity index (χ2n) is 6.80. The van der Waals surface area contributed by atoms with Gasteiger partial charge in [0, 0.05) is 0 Å². The molecule has 0 aliphatic rings. The molecule has 0 bridgehead atoms. The minimum absolute atomic E-state index is 0.361. The molecule has 25 heavy (non-hydrogen) atoms. The number of carbonyl (C=O) groups excluding carboxylic acids is 2. The molecule has 0 radical (unpaired) electrons. The third-order valence-corrected chi connectivity index (χ3v) is 4.31. The van der Waals surface area contributed by atoms with Crippen molar-refractivity contribution in [2.24, 2.45) is 5.41 Å². The molecule has 0 rings (SSSR count). The molecule has 0 aliphatic heterocycles. The summed E-state index contributed by atoms with van der Waals surface area (Å²) in [7, 11) is 0. The maximum absolute atomic E-state index is 12.4. The number of ether oxygens (including phenoxy) is 2. The molecule has 0 aromatic rings. The molecule has 0 unspecified atom stereocenters. The smallest absolute Gasteiger partial charge is 0.327 e. The largest absolute Gasteiger partial charge is 0.465 e. The van der Waals surface area contributed by atoms with Crippen molar-refractivity contribution in [3.05, 3.63) is 12.2 Å². The average molecular weight is 355 g/mol. The predicted octanol–water partition coefficient (Wildman–Crippen LogP) is 5.60. The third-order valence-electron chi connectivity index (χ3n) is 4.31. The number of esters is 2. The van der Waals surface area contributed by atoms with E-state index in [9.17, 15) is 9.59 Å². The number of hydrogen-bond donors (Lipinski definition) is 0. The lowest BCUT2D eigenvalue weighted by molar-refractivity contribution is -0.167. The molecule has 0 N–H and O–H groups in total. The Morgan fingerprint density at radius 3 is 1.52 bits per heavy atom. The average Bonchev–Trinajstić information content (AvgIpc) is 2.60. The van der Waals surface area contributed by atoms with Gasteiger partial charge in [-0.3, -0.25) is 9.59 Å². The Labute approximate surface area is 154 Å². The van der Waals surface area contributed by atoms with Gasteiger partial charge in [0.05, 0.1) is 13.2 Å². The fourth-order valence-electron chi connectivity index (χ4n) is 2.59. The second kappa shape index (κ2) is 15.0. The zero-order valence-corrected chi connectivity index (χ0v) is 16.8. The van der Waals surface area contributed by atoms with Crippen molar-refractivity contribution in [2.75, 3.05) is 13.2 Å². The second-order valence-corrected chi connectivity index (χ2v) is 6.80. The van der Waals surface area contributed by atoms with Gasteiger partial charge in [0.1, 0.15) is 0 Å². The number of unbranched alkanes of at least 4 members (excludes halogenated alkanes) is 8. The van der Waals surface area contributed by atoms with E-state index in [0.29, 0.717) is 13.2 Å². The van der Waals surface area contributed by atoms with Crippen molar-refractivity contribution in [3.8, 4) is 0 Å². The van der Waals surface area contributed by atoms with Crippen LogP contribution in [-0.4, -0.2) is 25.2 Å². The predicted molar refractivity (Wildman–Crippen MR) is 102 cm³/mol. The maximum atomic E-state index is 12.4. The summed E-state index contributed by atoms with van der Waals surface area (Å²) in [6.45, 7) is 8.41. The SMILES string of the molecule is CC=CC(C)(C(=O)OCCCCCCC)C(=O)OCCCCCCC. The highest BCUT2D eigenvalue weighted by Gasteiger charge is 2.41. The van der Waals surface area contributed by atoms with Gasteiger partial charge in [-0.2, -0.15) is 0 Å². The van der Waals surface area contributed by atoms with Crippen molar-refractivity contribution < 1.29 is 19.1 Å². The van der Waals surface area contributed by atoms with E-state index in [1.54, 1.807) is 26.0 Å². The third kappa shape index (κ3) is 10.3. The van der Waals surface area contributed by atoms with E-state index in [1.165, 1.54) is 25.7 Å². The van der Waals surface area contributed by atoms with Crippen molar-refractivity contribution in [2.45, 2.75) is 91.9 Å². The van der Waals surface area contributed by atoms with Crippen molar-refractivity contribution >= 4 is 11.9 Å². The fraction of sp³-hybridized carbons (Fsp3) is 0.810. The minimum atomic E-state index is -1.35. The molecule has 0 spiro atoms. The normalized spacial score (nSPS) is 11.7. The van der Waals surface area contributed by atoms with Crippen LogP contribution >= 0.6 is 0 Å². The van der Waals surface area contributed by atoms with E-state index in [2.05, 4.69) is 13.8 Å². The molecule has 0 saturated carbocycles. The van der Waals surface area contributed by atoms with Crippen LogP contribution in [0.4, 0.5) is 0 Å². The van der Waals surface area contributed by atoms with E-state index in [4.69, 9.17) is 9.47 Å². The van der Waals surface area contributed by atoms with Gasteiger partial charge in [0.2, 0.25) is 0 Å². The molecule has 0 aromatic carbocycles. The molecule has 0 heterocycles. The molecule has 0 amide bonds. The van der Waals surface area contributed by atoms with Gasteiger partial charge in [-0.15, -0.1) is 0 Å². The molecule has 146 valence electrons. The van der Waals surface area contributed by atoms with Crippen LogP contribution in [0.25, 0.3) is 0 Å². The van der Waals surface area contributed by atoms with Gasteiger partial charge in [-0.1, -0.05) is 77.4 Å². The highest BCUT2D eigenvalue weighted by molar-refractivity contribution is 6.01. The molecule has 0 saturated heterocycles. The Hall–Kier alpha value is -1.32. The number of carbonyl (C=O) groups is 2. The fourth-order valence-corrected chi connectivity index (χ4v) is 2.59. The van der Waals surface area contributed by atoms with Gasteiger partial charge in [-0.05, 0) is 26.7 Å². The first-order valence-electron chi connectivity index (χ1n) is 10.0. The Morgan fingerprint density at radius 1 is 0.760 bits per heavy atom. The van der Waals surface area contributed by atoms with E-state index < -0.39 is 17.4 Å². The van der Waals surface area contributed by atoms with E-state index >= 15 is 0 Å². The van der Waals surface area contributed by atoms with Gasteiger partial charge in [-0.25, -0.2) is 0 Å². The lowest BCUT2D eigenvalue weighted by atomic mass is 9.90. The van der Waals surface area contributed by atoms with Crippen LogP contribution in [0.1, 0.15) is 91.9 Å². The summed E-state index contributed by atoms with van der Waals surface area (Å²) >= 11 is 0. The van der Waals surface area contributed by atoms with Crippen LogP contribution in [0.5, 0.6) is 0 Å². The Kier molecular flexibility index (Phi) is 14.2. The molecular weight excluding hydrogens is 316 g/mol. The highest BCUT2D eigenvalue weighted by Crippen LogP contribution is 2.23. The monoisotopic (exact) mass is 354 g/mol. The maximum Gasteiger partial charge on any atom is 0.327 e. The number of hydrogen-bond acceptors (Lipinski definition) is 4. The summed E-state index contributed by atoms with van der Waals surface area (Å²) in [5, 5.41) is 0. The first kappa shape index (κ1) is 23.7. The highest BCUT2D eigenvalue weighted by atomic mass is 16.6. The topological polar surface area (TPSA) is 52.6 Å². The van der Waals surface area contributed by atoms with Crippen molar-refractivity contribution in [1.82, 2.24) is 0 Å². The summed E-state index contributed by atoms with van der Waals surface area (Å²) in [6, 6.07) is 0. The van der Waals surface area contributed by atoms with Gasteiger partial charge < -0.3 is 9.47 Å². The van der Waals surface area contributed by atoms with Crippen molar-refractivity contribution in [1.29, 1.82) is 0 Å². The summed E-state index contributed by atoms with van der Waals surface area (Å²) in [4.78, 5) is 24.8. The number of rotatable bonds is 15. The van der Waals surface area contributed by atoms with Gasteiger partial charge in [0.25, 0.3) is 0 Å². The zero-order valence-electron chi connectivity index (χ0n) is 16.8. The quantitative estimate of drug-likeness (QED) is 0.166. The van der Waals surface area contributed by atoms with Crippen LogP contribution in [0, 0.1) is 5.41 Å². The Balaban J connectivity index is 4.30. The van der Waals surface area contributed by atoms with E-state index in [0.717, 1.165) is 38.5 Å². The van der Waals surface area contributed by atoms with E-state index in [-0.39, 0.29) is 0 Å². The minimum Gasteiger partial charge on any atom is -0.465 e. The Morgan fingerprint density at radius 2 is 1.16 bits per heavy atom. The Bertz CT molecular complexity index is 359. The summed E-state index contributed by atoms with van der Waals surface area (Å²) in [6.07, 6.45) is 14.1. The standard InChI is InChI=1S/C21H38O4/c1-5-8-10-12-14-17-24-19(22)21(4,16-7-3)20(23)25-18-15-13-11-9-6-2/h7,16H,5-6,8-15,17-18H2,1-4H3. The van der Waals surface area contributed by atoms with Gasteiger partial charge >= 0.3 is 11.9 Å². The summed E-state index contributed by atoms with van der Waals surface area (Å²) < 4.78 is 10.7. The zero-order chi connectivity index (χ0) is 19.0. The first-order valence-corrected chi connectivity index (χ1v) is 10.0. The molecule has 0 aromatic heterocycles.